The highest BCUT2D eigenvalue weighted by molar-refractivity contribution is 7.98. The van der Waals surface area contributed by atoms with Crippen molar-refractivity contribution in [2.75, 3.05) is 0 Å². The topological polar surface area (TPSA) is 66.6 Å². The van der Waals surface area contributed by atoms with Gasteiger partial charge in [-0.05, 0) is 11.6 Å². The van der Waals surface area contributed by atoms with Crippen LogP contribution in [0.3, 0.4) is 0 Å². The van der Waals surface area contributed by atoms with Gasteiger partial charge in [0.1, 0.15) is 0 Å². The monoisotopic (exact) mass is 298 g/mol. The Bertz CT molecular complexity index is 544. The zero-order chi connectivity index (χ0) is 13.8. The molecule has 1 aromatic heterocycles. The first-order chi connectivity index (χ1) is 9.08. The lowest BCUT2D eigenvalue weighted by atomic mass is 10.1. The summed E-state index contributed by atoms with van der Waals surface area (Å²) in [6, 6.07) is 7.78. The fraction of sp³-hybridized carbons (Fsp3) is 0.385. The van der Waals surface area contributed by atoms with E-state index in [1.54, 1.807) is 0 Å². The first kappa shape index (κ1) is 14.4. The molecule has 0 bridgehead atoms. The number of quaternary nitrogens is 1. The highest BCUT2D eigenvalue weighted by atomic mass is 35.5. The summed E-state index contributed by atoms with van der Waals surface area (Å²) >= 11 is 7.58. The minimum atomic E-state index is 0.0298. The quantitative estimate of drug-likeness (QED) is 0.862. The van der Waals surface area contributed by atoms with Crippen LogP contribution in [0.25, 0.3) is 0 Å². The van der Waals surface area contributed by atoms with Crippen LogP contribution < -0.4 is 5.73 Å². The molecule has 0 fully saturated rings. The molecule has 102 valence electrons. The lowest BCUT2D eigenvalue weighted by Gasteiger charge is -2.06. The van der Waals surface area contributed by atoms with Crippen LogP contribution in [0.4, 0.5) is 0 Å². The highest BCUT2D eigenvalue weighted by Crippen LogP contribution is 2.27. The van der Waals surface area contributed by atoms with Crippen molar-refractivity contribution in [3.63, 3.8) is 0 Å². The van der Waals surface area contributed by atoms with Crippen LogP contribution in [-0.4, -0.2) is 10.2 Å². The van der Waals surface area contributed by atoms with Gasteiger partial charge in [0, 0.05) is 16.7 Å². The van der Waals surface area contributed by atoms with Crippen LogP contribution in [-0.2, 0) is 5.75 Å². The average molecular weight is 299 g/mol. The number of halogens is 1. The molecule has 0 aliphatic heterocycles. The zero-order valence-corrected chi connectivity index (χ0v) is 12.5. The summed E-state index contributed by atoms with van der Waals surface area (Å²) in [6.07, 6.45) is 0. The standard InChI is InChI=1S/C13H16ClN3OS/c1-8(2)11(15)12-16-17-13(18-12)19-7-9-5-3-4-6-10(9)14/h3-6,8,11H,7,15H2,1-2H3/p+1/t11-/m0/s1. The van der Waals surface area contributed by atoms with Crippen molar-refractivity contribution < 1.29 is 10.2 Å². The minimum absolute atomic E-state index is 0.0298. The van der Waals surface area contributed by atoms with E-state index in [0.717, 1.165) is 10.6 Å². The first-order valence-corrected chi connectivity index (χ1v) is 7.47. The number of rotatable bonds is 5. The van der Waals surface area contributed by atoms with E-state index < -0.39 is 0 Å². The number of thioether (sulfide) groups is 1. The maximum atomic E-state index is 6.10. The Balaban J connectivity index is 1.99. The Hall–Kier alpha value is -1.04. The van der Waals surface area contributed by atoms with Gasteiger partial charge < -0.3 is 10.2 Å². The Labute approximate surface area is 121 Å². The molecule has 1 atom stereocenters. The normalized spacial score (nSPS) is 12.9. The number of hydrogen-bond donors (Lipinski definition) is 1. The highest BCUT2D eigenvalue weighted by Gasteiger charge is 2.21. The van der Waals surface area contributed by atoms with E-state index >= 15 is 0 Å². The van der Waals surface area contributed by atoms with Gasteiger partial charge in [-0.1, -0.05) is 55.4 Å². The molecule has 0 aliphatic carbocycles. The molecule has 0 saturated carbocycles. The summed E-state index contributed by atoms with van der Waals surface area (Å²) in [5.41, 5.74) is 5.09. The van der Waals surface area contributed by atoms with E-state index in [4.69, 9.17) is 16.0 Å². The van der Waals surface area contributed by atoms with Crippen molar-refractivity contribution in [2.24, 2.45) is 5.92 Å². The summed E-state index contributed by atoms with van der Waals surface area (Å²) < 4.78 is 5.60. The second kappa shape index (κ2) is 6.41. The number of aromatic nitrogens is 2. The Morgan fingerprint density at radius 1 is 1.32 bits per heavy atom. The van der Waals surface area contributed by atoms with Crippen LogP contribution in [0.5, 0.6) is 0 Å². The molecule has 4 nitrogen and oxygen atoms in total. The van der Waals surface area contributed by atoms with Crippen molar-refractivity contribution in [3.8, 4) is 0 Å². The van der Waals surface area contributed by atoms with E-state index in [2.05, 4.69) is 29.8 Å². The number of nitrogens with zero attached hydrogens (tertiary/aromatic N) is 2. The van der Waals surface area contributed by atoms with Gasteiger partial charge in [-0.25, -0.2) is 0 Å². The van der Waals surface area contributed by atoms with Crippen molar-refractivity contribution in [1.29, 1.82) is 0 Å². The van der Waals surface area contributed by atoms with Gasteiger partial charge in [0.05, 0.1) is 0 Å². The van der Waals surface area contributed by atoms with Gasteiger partial charge in [-0.3, -0.25) is 0 Å². The van der Waals surface area contributed by atoms with Crippen LogP contribution in [0.2, 0.25) is 5.02 Å². The third-order valence-corrected chi connectivity index (χ3v) is 4.09. The molecule has 0 unspecified atom stereocenters. The second-order valence-electron chi connectivity index (χ2n) is 4.64. The summed E-state index contributed by atoms with van der Waals surface area (Å²) in [5, 5.41) is 9.38. The van der Waals surface area contributed by atoms with Gasteiger partial charge in [-0.15, -0.1) is 10.2 Å². The average Bonchev–Trinajstić information content (AvgIpc) is 2.85. The molecule has 1 aromatic carbocycles. The molecule has 0 radical (unpaired) electrons. The SMILES string of the molecule is CC(C)[C@H]([NH3+])c1nnc(SCc2ccccc2Cl)o1. The molecule has 19 heavy (non-hydrogen) atoms. The molecule has 0 aliphatic rings. The minimum Gasteiger partial charge on any atom is -0.410 e. The largest absolute Gasteiger partial charge is 0.410 e. The maximum Gasteiger partial charge on any atom is 0.277 e. The van der Waals surface area contributed by atoms with Gasteiger partial charge in [0.15, 0.2) is 6.04 Å². The summed E-state index contributed by atoms with van der Waals surface area (Å²) in [4.78, 5) is 0. The fourth-order valence-corrected chi connectivity index (χ4v) is 2.52. The van der Waals surface area contributed by atoms with Gasteiger partial charge in [0.25, 0.3) is 11.1 Å². The molecule has 0 spiro atoms. The van der Waals surface area contributed by atoms with E-state index in [1.807, 2.05) is 24.3 Å². The summed E-state index contributed by atoms with van der Waals surface area (Å²) in [6.45, 7) is 4.16. The van der Waals surface area contributed by atoms with E-state index in [0.29, 0.717) is 22.8 Å². The van der Waals surface area contributed by atoms with Gasteiger partial charge in [0.2, 0.25) is 0 Å². The second-order valence-corrected chi connectivity index (χ2v) is 5.97. The van der Waals surface area contributed by atoms with Gasteiger partial charge >= 0.3 is 0 Å². The van der Waals surface area contributed by atoms with Crippen LogP contribution >= 0.6 is 23.4 Å². The maximum absolute atomic E-state index is 6.10. The van der Waals surface area contributed by atoms with E-state index in [-0.39, 0.29) is 6.04 Å². The lowest BCUT2D eigenvalue weighted by Crippen LogP contribution is -2.56. The van der Waals surface area contributed by atoms with Crippen molar-refractivity contribution >= 4 is 23.4 Å². The first-order valence-electron chi connectivity index (χ1n) is 6.10. The van der Waals surface area contributed by atoms with Crippen LogP contribution in [0.15, 0.2) is 33.9 Å². The summed E-state index contributed by atoms with van der Waals surface area (Å²) in [5.74, 6) is 1.68. The van der Waals surface area contributed by atoms with E-state index in [9.17, 15) is 0 Å². The molecule has 0 amide bonds. The molecule has 2 rings (SSSR count). The molecule has 6 heteroatoms. The van der Waals surface area contributed by atoms with Crippen molar-refractivity contribution in [3.05, 3.63) is 40.7 Å². The van der Waals surface area contributed by atoms with E-state index in [1.165, 1.54) is 11.8 Å². The van der Waals surface area contributed by atoms with Crippen LogP contribution in [0, 0.1) is 5.92 Å². The molecule has 2 aromatic rings. The fourth-order valence-electron chi connectivity index (χ4n) is 1.47. The lowest BCUT2D eigenvalue weighted by molar-refractivity contribution is -0.443. The molecular formula is C13H17ClN3OS+. The Morgan fingerprint density at radius 2 is 2.05 bits per heavy atom. The predicted molar refractivity (Wildman–Crippen MR) is 75.8 cm³/mol. The number of benzene rings is 1. The smallest absolute Gasteiger partial charge is 0.277 e. The third-order valence-electron chi connectivity index (χ3n) is 2.85. The molecule has 1 heterocycles. The zero-order valence-electron chi connectivity index (χ0n) is 11.0. The number of hydrogen-bond acceptors (Lipinski definition) is 4. The Kier molecular flexibility index (Phi) is 4.85. The van der Waals surface area contributed by atoms with Crippen LogP contribution in [0.1, 0.15) is 31.3 Å². The van der Waals surface area contributed by atoms with Gasteiger partial charge in [-0.2, -0.15) is 0 Å². The van der Waals surface area contributed by atoms with Crippen molar-refractivity contribution in [2.45, 2.75) is 30.9 Å². The molecule has 3 N–H and O–H groups in total. The molecular weight excluding hydrogens is 282 g/mol. The molecule has 0 saturated heterocycles. The third kappa shape index (κ3) is 3.72. The van der Waals surface area contributed by atoms with Crippen molar-refractivity contribution in [1.82, 2.24) is 10.2 Å². The Morgan fingerprint density at radius 3 is 2.74 bits per heavy atom. The predicted octanol–water partition coefficient (Wildman–Crippen LogP) is 2.95. The summed E-state index contributed by atoms with van der Waals surface area (Å²) in [7, 11) is 0.